The molecular weight excluding hydrogens is 226 g/mol. The van der Waals surface area contributed by atoms with Gasteiger partial charge >= 0.3 is 0 Å². The van der Waals surface area contributed by atoms with Crippen molar-refractivity contribution in [3.8, 4) is 0 Å². The number of hydrogen-bond acceptors (Lipinski definition) is 5. The molecule has 3 N–H and O–H groups in total. The van der Waals surface area contributed by atoms with Crippen molar-refractivity contribution in [2.45, 2.75) is 13.5 Å². The predicted molar refractivity (Wildman–Crippen MR) is 73.1 cm³/mol. The molecule has 0 saturated carbocycles. The zero-order valence-electron chi connectivity index (χ0n) is 10.6. The van der Waals surface area contributed by atoms with Crippen molar-refractivity contribution in [3.63, 3.8) is 0 Å². The predicted octanol–water partition coefficient (Wildman–Crippen LogP) is 1.71. The van der Waals surface area contributed by atoms with Crippen molar-refractivity contribution in [1.82, 2.24) is 9.97 Å². The zero-order chi connectivity index (χ0) is 13.0. The van der Waals surface area contributed by atoms with Gasteiger partial charge in [0.05, 0.1) is 0 Å². The van der Waals surface area contributed by atoms with Gasteiger partial charge in [-0.25, -0.2) is 10.8 Å². The summed E-state index contributed by atoms with van der Waals surface area (Å²) in [4.78, 5) is 10.6. The molecule has 0 spiro atoms. The van der Waals surface area contributed by atoms with Gasteiger partial charge in [0.2, 0.25) is 5.95 Å². The van der Waals surface area contributed by atoms with Crippen LogP contribution in [0.15, 0.2) is 36.4 Å². The molecule has 1 aromatic heterocycles. The molecule has 94 valence electrons. The highest BCUT2D eigenvalue weighted by Gasteiger charge is 2.06. The van der Waals surface area contributed by atoms with Gasteiger partial charge in [0, 0.05) is 25.4 Å². The van der Waals surface area contributed by atoms with Crippen molar-refractivity contribution in [2.75, 3.05) is 17.4 Å². The Morgan fingerprint density at radius 1 is 1.22 bits per heavy atom. The second kappa shape index (κ2) is 5.46. The van der Waals surface area contributed by atoms with Crippen LogP contribution in [0.3, 0.4) is 0 Å². The molecule has 0 unspecified atom stereocenters. The molecule has 0 radical (unpaired) electrons. The lowest BCUT2D eigenvalue weighted by Gasteiger charge is -2.19. The highest BCUT2D eigenvalue weighted by Crippen LogP contribution is 2.15. The Morgan fingerprint density at radius 3 is 2.61 bits per heavy atom. The van der Waals surface area contributed by atoms with E-state index in [1.54, 1.807) is 0 Å². The first-order chi connectivity index (χ1) is 8.69. The van der Waals surface area contributed by atoms with Gasteiger partial charge < -0.3 is 4.90 Å². The molecular formula is C13H17N5. The lowest BCUT2D eigenvalue weighted by atomic mass is 10.2. The summed E-state index contributed by atoms with van der Waals surface area (Å²) in [7, 11) is 2.00. The lowest BCUT2D eigenvalue weighted by Crippen LogP contribution is -2.20. The van der Waals surface area contributed by atoms with Crippen molar-refractivity contribution >= 4 is 11.8 Å². The Bertz CT molecular complexity index is 512. The average molecular weight is 243 g/mol. The Hall–Kier alpha value is -2.14. The Labute approximate surface area is 107 Å². The Morgan fingerprint density at radius 2 is 1.94 bits per heavy atom. The van der Waals surface area contributed by atoms with Gasteiger partial charge in [0.25, 0.3) is 0 Å². The number of rotatable bonds is 4. The molecule has 1 aromatic carbocycles. The van der Waals surface area contributed by atoms with E-state index in [2.05, 4.69) is 32.4 Å². The maximum Gasteiger partial charge on any atom is 0.239 e. The van der Waals surface area contributed by atoms with E-state index in [9.17, 15) is 0 Å². The third-order valence-corrected chi connectivity index (χ3v) is 2.62. The SMILES string of the molecule is Cc1cc(N(C)Cc2ccccc2)nc(NN)n1. The summed E-state index contributed by atoms with van der Waals surface area (Å²) in [5, 5.41) is 0. The molecule has 2 aromatic rings. The summed E-state index contributed by atoms with van der Waals surface area (Å²) in [5.74, 6) is 6.63. The summed E-state index contributed by atoms with van der Waals surface area (Å²) >= 11 is 0. The van der Waals surface area contributed by atoms with Crippen LogP contribution in [0.1, 0.15) is 11.3 Å². The minimum atomic E-state index is 0.435. The van der Waals surface area contributed by atoms with E-state index in [1.165, 1.54) is 5.56 Å². The van der Waals surface area contributed by atoms with Crippen LogP contribution in [0.5, 0.6) is 0 Å². The summed E-state index contributed by atoms with van der Waals surface area (Å²) in [6.07, 6.45) is 0. The molecule has 0 bridgehead atoms. The van der Waals surface area contributed by atoms with Crippen LogP contribution in [0.2, 0.25) is 0 Å². The third kappa shape index (κ3) is 2.95. The number of benzene rings is 1. The largest absolute Gasteiger partial charge is 0.355 e. The number of hydrogen-bond donors (Lipinski definition) is 2. The molecule has 1 heterocycles. The second-order valence-electron chi connectivity index (χ2n) is 4.18. The van der Waals surface area contributed by atoms with E-state index in [0.717, 1.165) is 18.1 Å². The topological polar surface area (TPSA) is 67.1 Å². The summed E-state index contributed by atoms with van der Waals surface area (Å²) in [6.45, 7) is 2.71. The summed E-state index contributed by atoms with van der Waals surface area (Å²) < 4.78 is 0. The molecule has 0 aliphatic carbocycles. The minimum Gasteiger partial charge on any atom is -0.355 e. The highest BCUT2D eigenvalue weighted by atomic mass is 15.3. The fourth-order valence-corrected chi connectivity index (χ4v) is 1.75. The fraction of sp³-hybridized carbons (Fsp3) is 0.231. The van der Waals surface area contributed by atoms with Crippen molar-refractivity contribution < 1.29 is 0 Å². The number of aryl methyl sites for hydroxylation is 1. The molecule has 0 aliphatic heterocycles. The molecule has 5 nitrogen and oxygen atoms in total. The van der Waals surface area contributed by atoms with E-state index < -0.39 is 0 Å². The van der Waals surface area contributed by atoms with Crippen LogP contribution in [-0.4, -0.2) is 17.0 Å². The van der Waals surface area contributed by atoms with Crippen molar-refractivity contribution in [3.05, 3.63) is 47.7 Å². The molecule has 0 aliphatic rings. The van der Waals surface area contributed by atoms with E-state index >= 15 is 0 Å². The van der Waals surface area contributed by atoms with Gasteiger partial charge in [-0.3, -0.25) is 5.43 Å². The van der Waals surface area contributed by atoms with Gasteiger partial charge in [0.15, 0.2) is 0 Å². The van der Waals surface area contributed by atoms with Crippen LogP contribution in [0, 0.1) is 6.92 Å². The summed E-state index contributed by atoms with van der Waals surface area (Å²) in [6, 6.07) is 12.2. The maximum absolute atomic E-state index is 5.35. The highest BCUT2D eigenvalue weighted by molar-refractivity contribution is 5.44. The molecule has 2 rings (SSSR count). The number of hydrazine groups is 1. The molecule has 5 heteroatoms. The van der Waals surface area contributed by atoms with Crippen molar-refractivity contribution in [1.29, 1.82) is 0 Å². The van der Waals surface area contributed by atoms with Crippen LogP contribution in [-0.2, 0) is 6.54 Å². The number of nitrogen functional groups attached to an aromatic ring is 1. The van der Waals surface area contributed by atoms with Crippen molar-refractivity contribution in [2.24, 2.45) is 5.84 Å². The van der Waals surface area contributed by atoms with E-state index in [0.29, 0.717) is 5.95 Å². The normalized spacial score (nSPS) is 10.2. The minimum absolute atomic E-state index is 0.435. The van der Waals surface area contributed by atoms with E-state index in [1.807, 2.05) is 38.2 Å². The first-order valence-electron chi connectivity index (χ1n) is 5.76. The Kier molecular flexibility index (Phi) is 3.74. The summed E-state index contributed by atoms with van der Waals surface area (Å²) in [5.41, 5.74) is 4.60. The lowest BCUT2D eigenvalue weighted by molar-refractivity contribution is 0.886. The first kappa shape index (κ1) is 12.3. The van der Waals surface area contributed by atoms with Gasteiger partial charge in [-0.05, 0) is 12.5 Å². The second-order valence-corrected chi connectivity index (χ2v) is 4.18. The monoisotopic (exact) mass is 243 g/mol. The molecule has 0 atom stereocenters. The number of nitrogens with two attached hydrogens (primary N) is 1. The van der Waals surface area contributed by atoms with Crippen LogP contribution >= 0.6 is 0 Å². The number of nitrogens with zero attached hydrogens (tertiary/aromatic N) is 3. The standard InChI is InChI=1S/C13H17N5/c1-10-8-12(16-13(15-10)17-14)18(2)9-11-6-4-3-5-7-11/h3-8H,9,14H2,1-2H3,(H,15,16,17). The zero-order valence-corrected chi connectivity index (χ0v) is 10.6. The van der Waals surface area contributed by atoms with Crippen LogP contribution in [0.25, 0.3) is 0 Å². The number of nitrogens with one attached hydrogen (secondary N) is 1. The van der Waals surface area contributed by atoms with Crippen LogP contribution < -0.4 is 16.2 Å². The van der Waals surface area contributed by atoms with Gasteiger partial charge in [0.1, 0.15) is 5.82 Å². The van der Waals surface area contributed by atoms with E-state index in [4.69, 9.17) is 5.84 Å². The number of aromatic nitrogens is 2. The molecule has 0 saturated heterocycles. The molecule has 0 amide bonds. The maximum atomic E-state index is 5.35. The van der Waals surface area contributed by atoms with E-state index in [-0.39, 0.29) is 0 Å². The first-order valence-corrected chi connectivity index (χ1v) is 5.76. The molecule has 18 heavy (non-hydrogen) atoms. The van der Waals surface area contributed by atoms with Gasteiger partial charge in [-0.2, -0.15) is 4.98 Å². The quantitative estimate of drug-likeness (QED) is 0.632. The average Bonchev–Trinajstić information content (AvgIpc) is 2.39. The fourth-order valence-electron chi connectivity index (χ4n) is 1.75. The van der Waals surface area contributed by atoms with Gasteiger partial charge in [-0.1, -0.05) is 30.3 Å². The third-order valence-electron chi connectivity index (χ3n) is 2.62. The molecule has 0 fully saturated rings. The smallest absolute Gasteiger partial charge is 0.239 e. The van der Waals surface area contributed by atoms with Gasteiger partial charge in [-0.15, -0.1) is 0 Å². The van der Waals surface area contributed by atoms with Crippen LogP contribution in [0.4, 0.5) is 11.8 Å². The Balaban J connectivity index is 2.18. The number of anilines is 2.